The molecule has 7 nitrogen and oxygen atoms in total. The highest BCUT2D eigenvalue weighted by molar-refractivity contribution is 6.33. The van der Waals surface area contributed by atoms with E-state index in [-0.39, 0.29) is 27.7 Å². The van der Waals surface area contributed by atoms with Crippen LogP contribution in [-0.4, -0.2) is 20.6 Å². The highest BCUT2D eigenvalue weighted by Crippen LogP contribution is 2.38. The summed E-state index contributed by atoms with van der Waals surface area (Å²) in [6, 6.07) is 2.46. The molecule has 0 atom stereocenters. The molecule has 1 heterocycles. The molecule has 0 saturated heterocycles. The third-order valence-corrected chi connectivity index (χ3v) is 3.77. The molecule has 1 saturated carbocycles. The van der Waals surface area contributed by atoms with Gasteiger partial charge in [0.05, 0.1) is 10.4 Å². The van der Waals surface area contributed by atoms with Crippen LogP contribution < -0.4 is 5.43 Å². The molecule has 0 spiro atoms. The molecule has 0 bridgehead atoms. The molecule has 2 aromatic rings. The van der Waals surface area contributed by atoms with Crippen molar-refractivity contribution in [2.45, 2.75) is 18.9 Å². The smallest absolute Gasteiger partial charge is 0.341 e. The van der Waals surface area contributed by atoms with E-state index in [9.17, 15) is 19.7 Å². The predicted octanol–water partition coefficient (Wildman–Crippen LogP) is 2.60. The Labute approximate surface area is 122 Å². The van der Waals surface area contributed by atoms with Gasteiger partial charge in [-0.1, -0.05) is 11.6 Å². The van der Waals surface area contributed by atoms with Crippen molar-refractivity contribution in [3.63, 3.8) is 0 Å². The fourth-order valence-electron chi connectivity index (χ4n) is 2.31. The number of nitrogens with zero attached hydrogens (tertiary/aromatic N) is 2. The summed E-state index contributed by atoms with van der Waals surface area (Å²) in [5.74, 6) is -1.33. The van der Waals surface area contributed by atoms with E-state index < -0.39 is 16.3 Å². The van der Waals surface area contributed by atoms with Crippen LogP contribution in [0.25, 0.3) is 10.9 Å². The molecule has 1 aliphatic rings. The van der Waals surface area contributed by atoms with Crippen LogP contribution in [0.4, 0.5) is 5.69 Å². The first-order valence-corrected chi connectivity index (χ1v) is 6.54. The number of carboxylic acid groups (broad SMARTS) is 1. The molecule has 1 N–H and O–H groups in total. The van der Waals surface area contributed by atoms with Crippen LogP contribution in [0.3, 0.4) is 0 Å². The molecule has 1 aromatic heterocycles. The number of hydrogen-bond acceptors (Lipinski definition) is 4. The minimum atomic E-state index is -1.33. The fraction of sp³-hybridized carbons (Fsp3) is 0.231. The monoisotopic (exact) mass is 308 g/mol. The molecule has 8 heteroatoms. The summed E-state index contributed by atoms with van der Waals surface area (Å²) in [6.07, 6.45) is 2.93. The number of rotatable bonds is 3. The molecule has 3 rings (SSSR count). The second-order valence-corrected chi connectivity index (χ2v) is 5.30. The van der Waals surface area contributed by atoms with E-state index in [1.165, 1.54) is 18.3 Å². The highest BCUT2D eigenvalue weighted by Gasteiger charge is 2.28. The number of hydrogen-bond donors (Lipinski definition) is 1. The Balaban J connectivity index is 2.44. The zero-order valence-electron chi connectivity index (χ0n) is 10.6. The molecule has 0 aliphatic heterocycles. The van der Waals surface area contributed by atoms with Crippen molar-refractivity contribution in [1.82, 2.24) is 4.57 Å². The Morgan fingerprint density at radius 1 is 1.43 bits per heavy atom. The number of carbonyl (C=O) groups is 1. The Kier molecular flexibility index (Phi) is 2.94. The van der Waals surface area contributed by atoms with Gasteiger partial charge in [0, 0.05) is 23.7 Å². The second-order valence-electron chi connectivity index (χ2n) is 4.89. The molecular weight excluding hydrogens is 300 g/mol. The first-order valence-electron chi connectivity index (χ1n) is 6.16. The molecular formula is C13H9ClN2O5. The number of aromatic nitrogens is 1. The average Bonchev–Trinajstić information content (AvgIpc) is 3.22. The van der Waals surface area contributed by atoms with Gasteiger partial charge in [-0.25, -0.2) is 4.79 Å². The van der Waals surface area contributed by atoms with Gasteiger partial charge in [0.1, 0.15) is 10.6 Å². The zero-order chi connectivity index (χ0) is 15.3. The van der Waals surface area contributed by atoms with Crippen molar-refractivity contribution in [1.29, 1.82) is 0 Å². The lowest BCUT2D eigenvalue weighted by atomic mass is 10.1. The molecule has 1 fully saturated rings. The third-order valence-electron chi connectivity index (χ3n) is 3.47. The van der Waals surface area contributed by atoms with E-state index in [0.717, 1.165) is 12.8 Å². The molecule has 0 radical (unpaired) electrons. The van der Waals surface area contributed by atoms with Gasteiger partial charge >= 0.3 is 5.97 Å². The number of nitro benzene ring substituents is 1. The van der Waals surface area contributed by atoms with E-state index in [1.807, 2.05) is 0 Å². The molecule has 21 heavy (non-hydrogen) atoms. The van der Waals surface area contributed by atoms with E-state index in [2.05, 4.69) is 0 Å². The van der Waals surface area contributed by atoms with Crippen LogP contribution in [0.15, 0.2) is 23.1 Å². The Morgan fingerprint density at radius 2 is 2.10 bits per heavy atom. The van der Waals surface area contributed by atoms with Crippen LogP contribution in [0.2, 0.25) is 5.02 Å². The van der Waals surface area contributed by atoms with Gasteiger partial charge in [-0.3, -0.25) is 14.9 Å². The number of benzene rings is 1. The van der Waals surface area contributed by atoms with E-state index in [1.54, 1.807) is 4.57 Å². The number of pyridine rings is 1. The quantitative estimate of drug-likeness (QED) is 0.693. The maximum atomic E-state index is 12.2. The van der Waals surface area contributed by atoms with Crippen molar-refractivity contribution in [2.24, 2.45) is 0 Å². The molecule has 1 aliphatic carbocycles. The number of fused-ring (bicyclic) bond motifs is 1. The lowest BCUT2D eigenvalue weighted by Crippen LogP contribution is -2.18. The second kappa shape index (κ2) is 4.56. The van der Waals surface area contributed by atoms with Gasteiger partial charge in [0.15, 0.2) is 0 Å². The minimum Gasteiger partial charge on any atom is -0.477 e. The SMILES string of the molecule is O=C(O)c1cn(C2CC2)c2cc([N+](=O)[O-])c(Cl)cc2c1=O. The number of halogens is 1. The van der Waals surface area contributed by atoms with Gasteiger partial charge in [0.2, 0.25) is 5.43 Å². The summed E-state index contributed by atoms with van der Waals surface area (Å²) in [6.45, 7) is 0. The summed E-state index contributed by atoms with van der Waals surface area (Å²) in [5.41, 5.74) is -1.02. The molecule has 0 unspecified atom stereocenters. The van der Waals surface area contributed by atoms with Crippen molar-refractivity contribution < 1.29 is 14.8 Å². The third kappa shape index (κ3) is 2.15. The highest BCUT2D eigenvalue weighted by atomic mass is 35.5. The van der Waals surface area contributed by atoms with Crippen LogP contribution in [0, 0.1) is 10.1 Å². The topological polar surface area (TPSA) is 102 Å². The first-order chi connectivity index (χ1) is 9.90. The summed E-state index contributed by atoms with van der Waals surface area (Å²) in [5, 5.41) is 20.0. The van der Waals surface area contributed by atoms with Crippen LogP contribution >= 0.6 is 11.6 Å². The zero-order valence-corrected chi connectivity index (χ0v) is 11.3. The van der Waals surface area contributed by atoms with E-state index in [0.29, 0.717) is 5.52 Å². The Bertz CT molecular complexity index is 854. The first kappa shape index (κ1) is 13.6. The van der Waals surface area contributed by atoms with Crippen LogP contribution in [-0.2, 0) is 0 Å². The minimum absolute atomic E-state index is 0.0620. The van der Waals surface area contributed by atoms with Gasteiger partial charge < -0.3 is 9.67 Å². The standard InChI is InChI=1S/C13H9ClN2O5/c14-9-3-7-10(4-11(9)16(20)21)15(6-1-2-6)5-8(12(7)17)13(18)19/h3-6H,1-2H2,(H,18,19). The normalized spacial score (nSPS) is 14.3. The lowest BCUT2D eigenvalue weighted by molar-refractivity contribution is -0.384. The summed E-state index contributed by atoms with van der Waals surface area (Å²) in [4.78, 5) is 33.7. The summed E-state index contributed by atoms with van der Waals surface area (Å²) in [7, 11) is 0. The largest absolute Gasteiger partial charge is 0.477 e. The van der Waals surface area contributed by atoms with Gasteiger partial charge in [-0.2, -0.15) is 0 Å². The number of carboxylic acids is 1. The number of nitro groups is 1. The van der Waals surface area contributed by atoms with E-state index >= 15 is 0 Å². The predicted molar refractivity (Wildman–Crippen MR) is 75.1 cm³/mol. The molecule has 1 aromatic carbocycles. The summed E-state index contributed by atoms with van der Waals surface area (Å²) < 4.78 is 1.61. The fourth-order valence-corrected chi connectivity index (χ4v) is 2.54. The maximum absolute atomic E-state index is 12.2. The summed E-state index contributed by atoms with van der Waals surface area (Å²) >= 11 is 5.81. The lowest BCUT2D eigenvalue weighted by Gasteiger charge is -2.11. The van der Waals surface area contributed by atoms with Crippen LogP contribution in [0.5, 0.6) is 0 Å². The van der Waals surface area contributed by atoms with Gasteiger partial charge in [-0.15, -0.1) is 0 Å². The van der Waals surface area contributed by atoms with Crippen LogP contribution in [0.1, 0.15) is 29.2 Å². The average molecular weight is 309 g/mol. The van der Waals surface area contributed by atoms with Crippen molar-refractivity contribution in [2.75, 3.05) is 0 Å². The van der Waals surface area contributed by atoms with E-state index in [4.69, 9.17) is 16.7 Å². The Hall–Kier alpha value is -2.41. The van der Waals surface area contributed by atoms with Crippen molar-refractivity contribution in [3.05, 3.63) is 49.3 Å². The van der Waals surface area contributed by atoms with Gasteiger partial charge in [0.25, 0.3) is 5.69 Å². The Morgan fingerprint density at radius 3 is 2.62 bits per heavy atom. The maximum Gasteiger partial charge on any atom is 0.341 e. The van der Waals surface area contributed by atoms with Crippen molar-refractivity contribution in [3.8, 4) is 0 Å². The molecule has 108 valence electrons. The number of aromatic carboxylic acids is 1. The van der Waals surface area contributed by atoms with Gasteiger partial charge in [-0.05, 0) is 18.9 Å². The van der Waals surface area contributed by atoms with Crippen molar-refractivity contribution >= 4 is 34.2 Å². The molecule has 0 amide bonds.